The summed E-state index contributed by atoms with van der Waals surface area (Å²) in [5, 5.41) is 0. The normalized spacial score (nSPS) is 12.4. The van der Waals surface area contributed by atoms with Crippen LogP contribution in [-0.2, 0) is 0 Å². The van der Waals surface area contributed by atoms with Crippen molar-refractivity contribution in [3.63, 3.8) is 0 Å². The Bertz CT molecular complexity index is 508. The van der Waals surface area contributed by atoms with Crippen LogP contribution in [0.4, 0.5) is 0 Å². The van der Waals surface area contributed by atoms with Crippen LogP contribution in [0.15, 0.2) is 52.4 Å². The van der Waals surface area contributed by atoms with Crippen LogP contribution in [0.5, 0.6) is 0 Å². The first-order valence-electron chi connectivity index (χ1n) is 6.15. The molecule has 0 fully saturated rings. The molecule has 0 bridgehead atoms. The maximum absolute atomic E-state index is 5.95. The molecule has 1 aromatic heterocycles. The lowest BCUT2D eigenvalue weighted by Gasteiger charge is -2.09. The van der Waals surface area contributed by atoms with Crippen LogP contribution in [-0.4, -0.2) is 4.98 Å². The SMILES string of the molecule is CC[C@@H](N)c1ccc(Sc2ccccc2C)cn1. The Morgan fingerprint density at radius 2 is 2.00 bits per heavy atom. The van der Waals surface area contributed by atoms with Crippen LogP contribution in [0.1, 0.15) is 30.6 Å². The monoisotopic (exact) mass is 258 g/mol. The average Bonchev–Trinajstić information content (AvgIpc) is 2.41. The molecule has 2 aromatic rings. The molecule has 1 aromatic carbocycles. The summed E-state index contributed by atoms with van der Waals surface area (Å²) in [5.74, 6) is 0. The van der Waals surface area contributed by atoms with Gasteiger partial charge in [0.25, 0.3) is 0 Å². The molecule has 0 amide bonds. The molecular weight excluding hydrogens is 240 g/mol. The first kappa shape index (κ1) is 13.1. The zero-order valence-electron chi connectivity index (χ0n) is 10.8. The highest BCUT2D eigenvalue weighted by Crippen LogP contribution is 2.29. The van der Waals surface area contributed by atoms with Gasteiger partial charge in [0.1, 0.15) is 0 Å². The molecule has 0 aliphatic rings. The van der Waals surface area contributed by atoms with Crippen molar-refractivity contribution in [3.05, 3.63) is 53.9 Å². The number of hydrogen-bond donors (Lipinski definition) is 1. The Labute approximate surface area is 113 Å². The van der Waals surface area contributed by atoms with Crippen LogP contribution in [0, 0.1) is 6.92 Å². The van der Waals surface area contributed by atoms with E-state index in [1.54, 1.807) is 11.8 Å². The van der Waals surface area contributed by atoms with E-state index in [2.05, 4.69) is 49.2 Å². The van der Waals surface area contributed by atoms with Gasteiger partial charge in [0, 0.05) is 22.0 Å². The minimum Gasteiger partial charge on any atom is -0.323 e. The number of pyridine rings is 1. The largest absolute Gasteiger partial charge is 0.323 e. The zero-order valence-corrected chi connectivity index (χ0v) is 11.6. The topological polar surface area (TPSA) is 38.9 Å². The second-order valence-electron chi connectivity index (χ2n) is 4.30. The third-order valence-corrected chi connectivity index (χ3v) is 4.06. The molecule has 0 spiro atoms. The summed E-state index contributed by atoms with van der Waals surface area (Å²) in [7, 11) is 0. The van der Waals surface area contributed by atoms with Gasteiger partial charge in [-0.1, -0.05) is 36.9 Å². The van der Waals surface area contributed by atoms with Gasteiger partial charge in [-0.25, -0.2) is 0 Å². The number of aromatic nitrogens is 1. The number of benzene rings is 1. The third kappa shape index (κ3) is 3.12. The molecule has 0 saturated carbocycles. The first-order chi connectivity index (χ1) is 8.70. The van der Waals surface area contributed by atoms with Crippen molar-refractivity contribution in [3.8, 4) is 0 Å². The third-order valence-electron chi connectivity index (χ3n) is 2.90. The average molecular weight is 258 g/mol. The highest BCUT2D eigenvalue weighted by Gasteiger charge is 2.05. The molecule has 2 nitrogen and oxygen atoms in total. The van der Waals surface area contributed by atoms with Crippen molar-refractivity contribution >= 4 is 11.8 Å². The summed E-state index contributed by atoms with van der Waals surface area (Å²) >= 11 is 1.74. The van der Waals surface area contributed by atoms with Gasteiger partial charge in [0.2, 0.25) is 0 Å². The van der Waals surface area contributed by atoms with Crippen molar-refractivity contribution in [1.82, 2.24) is 4.98 Å². The Hall–Kier alpha value is -1.32. The summed E-state index contributed by atoms with van der Waals surface area (Å²) < 4.78 is 0. The maximum atomic E-state index is 5.95. The number of nitrogens with zero attached hydrogens (tertiary/aromatic N) is 1. The molecule has 2 N–H and O–H groups in total. The van der Waals surface area contributed by atoms with Crippen molar-refractivity contribution < 1.29 is 0 Å². The summed E-state index contributed by atoms with van der Waals surface area (Å²) in [5.41, 5.74) is 8.20. The van der Waals surface area contributed by atoms with E-state index in [1.807, 2.05) is 12.3 Å². The van der Waals surface area contributed by atoms with Gasteiger partial charge in [0.15, 0.2) is 0 Å². The predicted molar refractivity (Wildman–Crippen MR) is 76.8 cm³/mol. The van der Waals surface area contributed by atoms with Crippen molar-refractivity contribution in [2.45, 2.75) is 36.1 Å². The Morgan fingerprint density at radius 3 is 2.61 bits per heavy atom. The highest BCUT2D eigenvalue weighted by atomic mass is 32.2. The van der Waals surface area contributed by atoms with Gasteiger partial charge in [-0.05, 0) is 37.1 Å². The smallest absolute Gasteiger partial charge is 0.0571 e. The van der Waals surface area contributed by atoms with E-state index in [0.29, 0.717) is 0 Å². The van der Waals surface area contributed by atoms with Gasteiger partial charge < -0.3 is 5.73 Å². The molecule has 1 heterocycles. The van der Waals surface area contributed by atoms with Crippen molar-refractivity contribution in [2.75, 3.05) is 0 Å². The standard InChI is InChI=1S/C15H18N2S/c1-3-13(16)14-9-8-12(10-17-14)18-15-7-5-4-6-11(15)2/h4-10,13H,3,16H2,1-2H3/t13-/m1/s1. The number of nitrogens with two attached hydrogens (primary N) is 1. The zero-order chi connectivity index (χ0) is 13.0. The molecule has 18 heavy (non-hydrogen) atoms. The van der Waals surface area contributed by atoms with Crippen LogP contribution in [0.3, 0.4) is 0 Å². The minimum atomic E-state index is 0.0440. The van der Waals surface area contributed by atoms with E-state index in [9.17, 15) is 0 Å². The molecule has 0 radical (unpaired) electrons. The van der Waals surface area contributed by atoms with Gasteiger partial charge in [-0.3, -0.25) is 4.98 Å². The Kier molecular flexibility index (Phi) is 4.39. The second kappa shape index (κ2) is 6.03. The predicted octanol–water partition coefficient (Wildman–Crippen LogP) is 3.95. The van der Waals surface area contributed by atoms with Crippen molar-refractivity contribution in [2.24, 2.45) is 5.73 Å². The number of rotatable bonds is 4. The minimum absolute atomic E-state index is 0.0440. The van der Waals surface area contributed by atoms with Gasteiger partial charge in [-0.2, -0.15) is 0 Å². The van der Waals surface area contributed by atoms with E-state index in [1.165, 1.54) is 10.5 Å². The molecule has 3 heteroatoms. The Balaban J connectivity index is 2.14. The Morgan fingerprint density at radius 1 is 1.22 bits per heavy atom. The maximum Gasteiger partial charge on any atom is 0.0571 e. The lowest BCUT2D eigenvalue weighted by Crippen LogP contribution is -2.10. The lowest BCUT2D eigenvalue weighted by molar-refractivity contribution is 0.674. The molecular formula is C15H18N2S. The van der Waals surface area contributed by atoms with Gasteiger partial charge >= 0.3 is 0 Å². The first-order valence-corrected chi connectivity index (χ1v) is 6.97. The summed E-state index contributed by atoms with van der Waals surface area (Å²) in [6, 6.07) is 12.5. The van der Waals surface area contributed by atoms with Gasteiger partial charge in [-0.15, -0.1) is 0 Å². The molecule has 1 atom stereocenters. The number of aryl methyl sites for hydroxylation is 1. The van der Waals surface area contributed by atoms with Crippen LogP contribution in [0.2, 0.25) is 0 Å². The summed E-state index contributed by atoms with van der Waals surface area (Å²) in [6.07, 6.45) is 2.82. The van der Waals surface area contributed by atoms with Crippen LogP contribution in [0.25, 0.3) is 0 Å². The van der Waals surface area contributed by atoms with E-state index in [-0.39, 0.29) is 6.04 Å². The van der Waals surface area contributed by atoms with Crippen LogP contribution < -0.4 is 5.73 Å². The van der Waals surface area contributed by atoms with E-state index in [0.717, 1.165) is 17.0 Å². The molecule has 94 valence electrons. The fourth-order valence-electron chi connectivity index (χ4n) is 1.68. The second-order valence-corrected chi connectivity index (χ2v) is 5.42. The van der Waals surface area contributed by atoms with Crippen LogP contribution >= 0.6 is 11.8 Å². The molecule has 0 unspecified atom stereocenters. The fourth-order valence-corrected chi connectivity index (χ4v) is 2.55. The summed E-state index contributed by atoms with van der Waals surface area (Å²) in [6.45, 7) is 4.19. The lowest BCUT2D eigenvalue weighted by atomic mass is 10.1. The summed E-state index contributed by atoms with van der Waals surface area (Å²) in [4.78, 5) is 6.85. The van der Waals surface area contributed by atoms with Crippen molar-refractivity contribution in [1.29, 1.82) is 0 Å². The van der Waals surface area contributed by atoms with E-state index >= 15 is 0 Å². The fraction of sp³-hybridized carbons (Fsp3) is 0.267. The molecule has 0 aliphatic carbocycles. The number of hydrogen-bond acceptors (Lipinski definition) is 3. The van der Waals surface area contributed by atoms with E-state index in [4.69, 9.17) is 5.73 Å². The molecule has 0 saturated heterocycles. The quantitative estimate of drug-likeness (QED) is 0.902. The molecule has 2 rings (SSSR count). The molecule has 0 aliphatic heterocycles. The van der Waals surface area contributed by atoms with E-state index < -0.39 is 0 Å². The highest BCUT2D eigenvalue weighted by molar-refractivity contribution is 7.99. The van der Waals surface area contributed by atoms with Gasteiger partial charge in [0.05, 0.1) is 5.69 Å².